The lowest BCUT2D eigenvalue weighted by molar-refractivity contribution is 0.556. The van der Waals surface area contributed by atoms with Gasteiger partial charge in [-0.2, -0.15) is 0 Å². The summed E-state index contributed by atoms with van der Waals surface area (Å²) in [5.41, 5.74) is 3.76. The molecule has 4 aromatic rings. The summed E-state index contributed by atoms with van der Waals surface area (Å²) in [6, 6.07) is 29.7. The highest BCUT2D eigenvalue weighted by Crippen LogP contribution is 2.55. The number of rotatable bonds is 7. The van der Waals surface area contributed by atoms with Crippen molar-refractivity contribution in [3.05, 3.63) is 113 Å². The van der Waals surface area contributed by atoms with Crippen molar-refractivity contribution >= 4 is 29.1 Å². The molecule has 1 heterocycles. The average Bonchev–Trinajstić information content (AvgIpc) is 3.30. The summed E-state index contributed by atoms with van der Waals surface area (Å²) in [7, 11) is -3.03. The Morgan fingerprint density at radius 2 is 1.36 bits per heavy atom. The van der Waals surface area contributed by atoms with Crippen LogP contribution >= 0.6 is 18.5 Å². The second-order valence-electron chi connectivity index (χ2n) is 6.51. The summed E-state index contributed by atoms with van der Waals surface area (Å²) < 4.78 is 14.7. The predicted molar refractivity (Wildman–Crippen MR) is 118 cm³/mol. The van der Waals surface area contributed by atoms with E-state index in [-0.39, 0.29) is 0 Å². The lowest BCUT2D eigenvalue weighted by Gasteiger charge is -2.28. The Morgan fingerprint density at radius 3 is 1.86 bits per heavy atom. The molecule has 1 aromatic heterocycles. The fraction of sp³-hybridized carbons (Fsp3) is 0.0870. The number of aromatic nitrogens is 1. The molecular formula is C23H21N2OPS. The van der Waals surface area contributed by atoms with E-state index in [1.54, 1.807) is 5.51 Å². The molecule has 0 amide bonds. The van der Waals surface area contributed by atoms with Crippen LogP contribution in [0.2, 0.25) is 0 Å². The van der Waals surface area contributed by atoms with Gasteiger partial charge in [-0.05, 0) is 5.56 Å². The van der Waals surface area contributed by atoms with E-state index in [1.165, 1.54) is 11.3 Å². The molecule has 4 rings (SSSR count). The lowest BCUT2D eigenvalue weighted by Crippen LogP contribution is -2.30. The largest absolute Gasteiger partial charge is 0.312 e. The van der Waals surface area contributed by atoms with Crippen LogP contribution in [0.25, 0.3) is 0 Å². The van der Waals surface area contributed by atoms with Gasteiger partial charge in [0, 0.05) is 22.5 Å². The molecule has 0 saturated heterocycles. The fourth-order valence-electron chi connectivity index (χ4n) is 3.33. The van der Waals surface area contributed by atoms with Crippen molar-refractivity contribution in [1.29, 1.82) is 0 Å². The Morgan fingerprint density at radius 1 is 0.821 bits per heavy atom. The predicted octanol–water partition coefficient (Wildman–Crippen LogP) is 4.95. The van der Waals surface area contributed by atoms with Crippen molar-refractivity contribution < 1.29 is 4.57 Å². The van der Waals surface area contributed by atoms with Crippen LogP contribution in [0.15, 0.2) is 102 Å². The fourth-order valence-corrected chi connectivity index (χ4v) is 7.00. The number of nitrogens with zero attached hydrogens (tertiary/aromatic N) is 1. The summed E-state index contributed by atoms with van der Waals surface area (Å²) in [6.45, 7) is 0.618. The molecule has 0 radical (unpaired) electrons. The zero-order chi connectivity index (χ0) is 19.2. The van der Waals surface area contributed by atoms with E-state index in [1.807, 2.05) is 84.2 Å². The first kappa shape index (κ1) is 18.8. The Balaban J connectivity index is 1.81. The maximum Gasteiger partial charge on any atom is 0.165 e. The molecule has 3 aromatic carbocycles. The highest BCUT2D eigenvalue weighted by Gasteiger charge is 2.38. The zero-order valence-electron chi connectivity index (χ0n) is 15.3. The molecule has 0 spiro atoms. The van der Waals surface area contributed by atoms with Crippen molar-refractivity contribution in [2.24, 2.45) is 0 Å². The third-order valence-corrected chi connectivity index (χ3v) is 8.63. The molecule has 1 N–H and O–H groups in total. The van der Waals surface area contributed by atoms with Gasteiger partial charge in [0.1, 0.15) is 5.78 Å². The molecule has 0 fully saturated rings. The molecule has 1 unspecified atom stereocenters. The Bertz CT molecular complexity index is 994. The molecule has 0 saturated carbocycles. The summed E-state index contributed by atoms with van der Waals surface area (Å²) in [6.07, 6.45) is 0. The van der Waals surface area contributed by atoms with Gasteiger partial charge in [0.15, 0.2) is 7.14 Å². The number of benzene rings is 3. The van der Waals surface area contributed by atoms with Gasteiger partial charge in [-0.3, -0.25) is 5.32 Å². The summed E-state index contributed by atoms with van der Waals surface area (Å²) in [5.74, 6) is -0.399. The van der Waals surface area contributed by atoms with Crippen molar-refractivity contribution in [3.8, 4) is 0 Å². The van der Waals surface area contributed by atoms with Crippen LogP contribution in [0, 0.1) is 0 Å². The highest BCUT2D eigenvalue weighted by molar-refractivity contribution is 7.79. The van der Waals surface area contributed by atoms with Gasteiger partial charge in [-0.25, -0.2) is 4.98 Å². The lowest BCUT2D eigenvalue weighted by atomic mass is 10.2. The third-order valence-electron chi connectivity index (χ3n) is 4.72. The molecule has 28 heavy (non-hydrogen) atoms. The number of nitrogens with one attached hydrogen (secondary N) is 1. The molecule has 140 valence electrons. The van der Waals surface area contributed by atoms with E-state index >= 15 is 0 Å². The molecule has 0 bridgehead atoms. The molecule has 0 aliphatic heterocycles. The van der Waals surface area contributed by atoms with Crippen LogP contribution in [0.4, 0.5) is 0 Å². The first-order valence-electron chi connectivity index (χ1n) is 9.15. The van der Waals surface area contributed by atoms with Gasteiger partial charge in [0.25, 0.3) is 0 Å². The van der Waals surface area contributed by atoms with Gasteiger partial charge in [0.2, 0.25) is 0 Å². The number of hydrogen-bond acceptors (Lipinski definition) is 4. The van der Waals surface area contributed by atoms with E-state index < -0.39 is 12.9 Å². The second kappa shape index (κ2) is 8.66. The molecule has 0 aliphatic carbocycles. The first-order valence-corrected chi connectivity index (χ1v) is 11.9. The van der Waals surface area contributed by atoms with E-state index in [2.05, 4.69) is 22.4 Å². The Kier molecular flexibility index (Phi) is 5.82. The molecular weight excluding hydrogens is 383 g/mol. The maximum absolute atomic E-state index is 14.7. The van der Waals surface area contributed by atoms with Crippen molar-refractivity contribution in [3.63, 3.8) is 0 Å². The van der Waals surface area contributed by atoms with Crippen LogP contribution in [0.5, 0.6) is 0 Å². The van der Waals surface area contributed by atoms with Gasteiger partial charge in [-0.1, -0.05) is 91.0 Å². The zero-order valence-corrected chi connectivity index (χ0v) is 17.0. The summed E-state index contributed by atoms with van der Waals surface area (Å²) in [4.78, 5) is 4.53. The molecule has 5 heteroatoms. The van der Waals surface area contributed by atoms with E-state index in [4.69, 9.17) is 0 Å². The molecule has 3 nitrogen and oxygen atoms in total. The standard InChI is InChI=1S/C23H21N2OPS/c26-27(20-12-6-2-7-13-20,21-14-8-3-9-15-21)23(22-17-28-18-25-22)24-16-19-10-4-1-5-11-19/h1-15,17-18,23-24H,16H2. The van der Waals surface area contributed by atoms with E-state index in [0.29, 0.717) is 6.54 Å². The van der Waals surface area contributed by atoms with Crippen molar-refractivity contribution in [1.82, 2.24) is 10.3 Å². The number of thiazole rings is 1. The summed E-state index contributed by atoms with van der Waals surface area (Å²) >= 11 is 1.52. The Hall–Kier alpha value is -2.52. The molecule has 1 atom stereocenters. The van der Waals surface area contributed by atoms with Crippen molar-refractivity contribution in [2.45, 2.75) is 12.3 Å². The summed E-state index contributed by atoms with van der Waals surface area (Å²) in [5, 5.41) is 7.21. The van der Waals surface area contributed by atoms with Gasteiger partial charge >= 0.3 is 0 Å². The topological polar surface area (TPSA) is 42.0 Å². The van der Waals surface area contributed by atoms with Crippen LogP contribution in [0.3, 0.4) is 0 Å². The van der Waals surface area contributed by atoms with E-state index in [0.717, 1.165) is 21.9 Å². The van der Waals surface area contributed by atoms with Gasteiger partial charge in [-0.15, -0.1) is 11.3 Å². The van der Waals surface area contributed by atoms with Gasteiger partial charge in [0.05, 0.1) is 11.2 Å². The third kappa shape index (κ3) is 3.85. The van der Waals surface area contributed by atoms with Crippen LogP contribution in [-0.4, -0.2) is 4.98 Å². The van der Waals surface area contributed by atoms with Crippen LogP contribution < -0.4 is 15.9 Å². The van der Waals surface area contributed by atoms with Crippen molar-refractivity contribution in [2.75, 3.05) is 0 Å². The maximum atomic E-state index is 14.7. The first-order chi connectivity index (χ1) is 13.8. The minimum absolute atomic E-state index is 0.399. The van der Waals surface area contributed by atoms with Crippen LogP contribution in [-0.2, 0) is 11.1 Å². The highest BCUT2D eigenvalue weighted by atomic mass is 32.1. The average molecular weight is 404 g/mol. The quantitative estimate of drug-likeness (QED) is 0.444. The minimum Gasteiger partial charge on any atom is -0.312 e. The number of hydrogen-bond donors (Lipinski definition) is 1. The smallest absolute Gasteiger partial charge is 0.165 e. The monoisotopic (exact) mass is 404 g/mol. The normalized spacial score (nSPS) is 12.6. The SMILES string of the molecule is O=P(c1ccccc1)(c1ccccc1)C(NCc1ccccc1)c1cscn1. The second-order valence-corrected chi connectivity index (χ2v) is 10.1. The van der Waals surface area contributed by atoms with Crippen LogP contribution in [0.1, 0.15) is 17.0 Å². The van der Waals surface area contributed by atoms with Gasteiger partial charge < -0.3 is 4.57 Å². The molecule has 0 aliphatic rings. The Labute approximate surface area is 169 Å². The van der Waals surface area contributed by atoms with E-state index in [9.17, 15) is 4.57 Å². The minimum atomic E-state index is -3.03.